The third-order valence-electron chi connectivity index (χ3n) is 9.25. The van der Waals surface area contributed by atoms with Crippen molar-refractivity contribution in [1.29, 1.82) is 0 Å². The Morgan fingerprint density at radius 1 is 0.885 bits per heavy atom. The predicted molar refractivity (Wildman–Crippen MR) is 187 cm³/mol. The lowest BCUT2D eigenvalue weighted by molar-refractivity contribution is -0.154. The molecule has 1 aliphatic carbocycles. The highest BCUT2D eigenvalue weighted by Gasteiger charge is 2.50. The summed E-state index contributed by atoms with van der Waals surface area (Å²) in [6.07, 6.45) is 8.17. The SMILES string of the molecule is COC(=O)CCCCCC/C=C/COC[C@@]1(F)C[C@@H](C(=O)OCc2ccccc2)N(C(=O)CNC(=O)c2ccc3c(c2)-c2ccccc2C3(F)F)C1. The molecule has 1 heterocycles. The minimum absolute atomic E-state index is 0.0682. The Bertz CT molecular complexity index is 1770. The van der Waals surface area contributed by atoms with E-state index in [9.17, 15) is 28.0 Å². The molecule has 3 aromatic rings. The van der Waals surface area contributed by atoms with Crippen molar-refractivity contribution in [3.8, 4) is 11.1 Å². The molecule has 2 amide bonds. The molecule has 0 spiro atoms. The number of esters is 2. The molecule has 12 heteroatoms. The molecule has 0 radical (unpaired) electrons. The number of halogens is 3. The van der Waals surface area contributed by atoms with Gasteiger partial charge in [0.25, 0.3) is 11.8 Å². The van der Waals surface area contributed by atoms with E-state index in [2.05, 4.69) is 10.1 Å². The number of carbonyl (C=O) groups excluding carboxylic acids is 4. The summed E-state index contributed by atoms with van der Waals surface area (Å²) >= 11 is 0. The molecule has 3 aromatic carbocycles. The number of hydrogen-bond acceptors (Lipinski definition) is 7. The zero-order valence-electron chi connectivity index (χ0n) is 29.1. The highest BCUT2D eigenvalue weighted by molar-refractivity contribution is 5.99. The van der Waals surface area contributed by atoms with Gasteiger partial charge in [-0.2, -0.15) is 8.78 Å². The van der Waals surface area contributed by atoms with Crippen molar-refractivity contribution in [3.05, 3.63) is 107 Å². The van der Waals surface area contributed by atoms with Crippen LogP contribution in [0.5, 0.6) is 0 Å². The number of rotatable bonds is 17. The number of allylic oxidation sites excluding steroid dienone is 1. The van der Waals surface area contributed by atoms with Crippen LogP contribution in [0, 0.1) is 0 Å². The van der Waals surface area contributed by atoms with E-state index in [1.54, 1.807) is 42.5 Å². The van der Waals surface area contributed by atoms with Gasteiger partial charge in [0, 0.05) is 29.5 Å². The van der Waals surface area contributed by atoms with Crippen LogP contribution in [0.3, 0.4) is 0 Å². The maximum absolute atomic E-state index is 16.2. The second-order valence-corrected chi connectivity index (χ2v) is 13.1. The fraction of sp³-hybridized carbons (Fsp3) is 0.400. The maximum Gasteiger partial charge on any atom is 0.329 e. The Morgan fingerprint density at radius 3 is 2.40 bits per heavy atom. The molecule has 5 rings (SSSR count). The van der Waals surface area contributed by atoms with Gasteiger partial charge in [-0.15, -0.1) is 0 Å². The third-order valence-corrected chi connectivity index (χ3v) is 9.25. The first-order valence-electron chi connectivity index (χ1n) is 17.4. The first-order valence-corrected chi connectivity index (χ1v) is 17.4. The fourth-order valence-electron chi connectivity index (χ4n) is 6.50. The lowest BCUT2D eigenvalue weighted by atomic mass is 10.0. The molecule has 9 nitrogen and oxygen atoms in total. The Labute approximate surface area is 301 Å². The molecule has 0 saturated carbocycles. The first-order chi connectivity index (χ1) is 25.0. The van der Waals surface area contributed by atoms with Crippen molar-refractivity contribution in [2.45, 2.75) is 69.2 Å². The van der Waals surface area contributed by atoms with Gasteiger partial charge < -0.3 is 24.4 Å². The molecule has 2 aliphatic rings. The largest absolute Gasteiger partial charge is 0.469 e. The standard InChI is InChI=1S/C40H43F3N2O7/c1-50-36(47)18-10-5-3-2-4-6-13-21-51-27-39(41)23-34(38(49)52-25-28-14-8-7-9-15-28)45(26-39)35(46)24-44-37(48)29-19-20-33-31(22-29)30-16-11-12-17-32(30)40(33,42)43/h6-9,11-17,19-20,22,34H,2-5,10,18,21,23-27H2,1H3,(H,44,48)/b13-6+/t34-,39+/m0/s1. The third kappa shape index (κ3) is 9.47. The molecular weight excluding hydrogens is 677 g/mol. The molecule has 0 aromatic heterocycles. The number of hydrogen-bond donors (Lipinski definition) is 1. The summed E-state index contributed by atoms with van der Waals surface area (Å²) in [6.45, 7) is -1.31. The minimum atomic E-state index is -3.20. The smallest absolute Gasteiger partial charge is 0.329 e. The number of methoxy groups -OCH3 is 1. The van der Waals surface area contributed by atoms with Gasteiger partial charge in [0.05, 0.1) is 33.4 Å². The van der Waals surface area contributed by atoms with E-state index in [-0.39, 0.29) is 54.5 Å². The molecule has 0 unspecified atom stereocenters. The van der Waals surface area contributed by atoms with E-state index in [0.717, 1.165) is 42.6 Å². The zero-order valence-corrected chi connectivity index (χ0v) is 29.1. The van der Waals surface area contributed by atoms with E-state index in [1.165, 1.54) is 37.4 Å². The quantitative estimate of drug-likeness (QED) is 0.0942. The number of fused-ring (bicyclic) bond motifs is 3. The molecule has 1 fully saturated rings. The summed E-state index contributed by atoms with van der Waals surface area (Å²) in [4.78, 5) is 52.0. The van der Waals surface area contributed by atoms with E-state index < -0.39 is 48.5 Å². The molecule has 276 valence electrons. The number of carbonyl (C=O) groups is 4. The normalized spacial score (nSPS) is 18.5. The van der Waals surface area contributed by atoms with Crippen LogP contribution in [0.1, 0.15) is 72.0 Å². The summed E-state index contributed by atoms with van der Waals surface area (Å²) in [7, 11) is 1.37. The van der Waals surface area contributed by atoms with Crippen LogP contribution < -0.4 is 5.32 Å². The van der Waals surface area contributed by atoms with E-state index in [1.807, 2.05) is 12.1 Å². The van der Waals surface area contributed by atoms with Crippen LogP contribution >= 0.6 is 0 Å². The van der Waals surface area contributed by atoms with Crippen molar-refractivity contribution in [2.75, 3.05) is 33.4 Å². The van der Waals surface area contributed by atoms with Crippen molar-refractivity contribution in [3.63, 3.8) is 0 Å². The highest BCUT2D eigenvalue weighted by atomic mass is 19.3. The minimum Gasteiger partial charge on any atom is -0.469 e. The molecule has 52 heavy (non-hydrogen) atoms. The Morgan fingerprint density at radius 2 is 1.62 bits per heavy atom. The average molecular weight is 721 g/mol. The second kappa shape index (κ2) is 17.5. The average Bonchev–Trinajstić information content (AvgIpc) is 3.63. The number of alkyl halides is 3. The summed E-state index contributed by atoms with van der Waals surface area (Å²) in [5, 5.41) is 2.50. The van der Waals surface area contributed by atoms with Gasteiger partial charge in [0.1, 0.15) is 12.6 Å². The number of nitrogens with one attached hydrogen (secondary N) is 1. The first kappa shape index (κ1) is 38.3. The second-order valence-electron chi connectivity index (χ2n) is 13.1. The van der Waals surface area contributed by atoms with E-state index in [0.29, 0.717) is 12.0 Å². The van der Waals surface area contributed by atoms with Gasteiger partial charge >= 0.3 is 11.9 Å². The van der Waals surface area contributed by atoms with Crippen LogP contribution in [-0.2, 0) is 41.1 Å². The Balaban J connectivity index is 1.16. The Kier molecular flexibility index (Phi) is 12.9. The van der Waals surface area contributed by atoms with Crippen LogP contribution in [0.4, 0.5) is 13.2 Å². The molecule has 0 bridgehead atoms. The summed E-state index contributed by atoms with van der Waals surface area (Å²) < 4.78 is 61.8. The summed E-state index contributed by atoms with van der Waals surface area (Å²) in [6, 6.07) is 17.6. The Hall–Kier alpha value is -4.97. The van der Waals surface area contributed by atoms with Crippen LogP contribution in [0.15, 0.2) is 84.9 Å². The van der Waals surface area contributed by atoms with Crippen molar-refractivity contribution >= 4 is 23.8 Å². The van der Waals surface area contributed by atoms with Crippen LogP contribution in [0.2, 0.25) is 0 Å². The van der Waals surface area contributed by atoms with Crippen LogP contribution in [0.25, 0.3) is 11.1 Å². The van der Waals surface area contributed by atoms with Crippen molar-refractivity contribution in [2.24, 2.45) is 0 Å². The highest BCUT2D eigenvalue weighted by Crippen LogP contribution is 2.51. The summed E-state index contributed by atoms with van der Waals surface area (Å²) in [5.41, 5.74) is -1.07. The number of nitrogens with zero attached hydrogens (tertiary/aromatic N) is 1. The van der Waals surface area contributed by atoms with Crippen molar-refractivity contribution < 1.29 is 46.6 Å². The molecule has 1 aliphatic heterocycles. The number of benzene rings is 3. The van der Waals surface area contributed by atoms with Gasteiger partial charge in [-0.25, -0.2) is 9.18 Å². The molecule has 2 atom stereocenters. The van der Waals surface area contributed by atoms with Gasteiger partial charge in [-0.05, 0) is 48.1 Å². The number of unbranched alkanes of at least 4 members (excludes halogenated alkanes) is 4. The van der Waals surface area contributed by atoms with Gasteiger partial charge in [-0.1, -0.05) is 85.7 Å². The van der Waals surface area contributed by atoms with E-state index in [4.69, 9.17) is 9.47 Å². The van der Waals surface area contributed by atoms with Gasteiger partial charge in [0.15, 0.2) is 5.67 Å². The summed E-state index contributed by atoms with van der Waals surface area (Å²) in [5.74, 6) is -5.60. The number of ether oxygens (including phenoxy) is 3. The van der Waals surface area contributed by atoms with Crippen molar-refractivity contribution in [1.82, 2.24) is 10.2 Å². The lowest BCUT2D eigenvalue weighted by Crippen LogP contribution is -2.46. The number of amides is 2. The molecule has 1 saturated heterocycles. The van der Waals surface area contributed by atoms with Crippen LogP contribution in [-0.4, -0.2) is 73.8 Å². The maximum atomic E-state index is 16.2. The topological polar surface area (TPSA) is 111 Å². The van der Waals surface area contributed by atoms with Gasteiger partial charge in [-0.3, -0.25) is 14.4 Å². The molecular formula is C40H43F3N2O7. The number of likely N-dealkylation sites (tertiary alicyclic amines) is 1. The fourth-order valence-corrected chi connectivity index (χ4v) is 6.50. The predicted octanol–water partition coefficient (Wildman–Crippen LogP) is 6.68. The zero-order chi connectivity index (χ0) is 37.1. The monoisotopic (exact) mass is 720 g/mol. The lowest BCUT2D eigenvalue weighted by Gasteiger charge is -2.23. The van der Waals surface area contributed by atoms with E-state index >= 15 is 4.39 Å². The molecule has 1 N–H and O–H groups in total. The van der Waals surface area contributed by atoms with Gasteiger partial charge in [0.2, 0.25) is 5.91 Å².